The molecule has 2 aromatic rings. The first-order chi connectivity index (χ1) is 12.1. The van der Waals surface area contributed by atoms with Crippen LogP contribution in [0.15, 0.2) is 24.3 Å². The van der Waals surface area contributed by atoms with Crippen LogP contribution >= 0.6 is 0 Å². The first-order valence-electron chi connectivity index (χ1n) is 9.26. The number of nitrogens with zero attached hydrogens (tertiary/aromatic N) is 4. The predicted molar refractivity (Wildman–Crippen MR) is 103 cm³/mol. The summed E-state index contributed by atoms with van der Waals surface area (Å²) in [6.07, 6.45) is 4.47. The second-order valence-corrected chi connectivity index (χ2v) is 7.61. The molecule has 2 N–H and O–H groups in total. The van der Waals surface area contributed by atoms with Crippen molar-refractivity contribution in [3.8, 4) is 11.3 Å². The van der Waals surface area contributed by atoms with E-state index < -0.39 is 0 Å². The number of hydrogen-bond acceptors (Lipinski definition) is 5. The van der Waals surface area contributed by atoms with Crippen molar-refractivity contribution in [2.24, 2.45) is 5.92 Å². The molecule has 2 heterocycles. The SMILES string of the molecule is CN(C)C[C@@H]1CCN(c2nc(N)nc3c2CCCc2ccccc2-3)C1. The molecule has 5 heteroatoms. The molecule has 1 atom stereocenters. The maximum atomic E-state index is 6.12. The smallest absolute Gasteiger partial charge is 0.222 e. The highest BCUT2D eigenvalue weighted by molar-refractivity contribution is 5.74. The largest absolute Gasteiger partial charge is 0.368 e. The van der Waals surface area contributed by atoms with Crippen LogP contribution in [-0.4, -0.2) is 48.6 Å². The van der Waals surface area contributed by atoms with E-state index in [-0.39, 0.29) is 0 Å². The number of fused-ring (bicyclic) bond motifs is 3. The normalized spacial score (nSPS) is 19.6. The van der Waals surface area contributed by atoms with Crippen LogP contribution in [0.4, 0.5) is 11.8 Å². The van der Waals surface area contributed by atoms with Crippen LogP contribution in [0.2, 0.25) is 0 Å². The Labute approximate surface area is 149 Å². The van der Waals surface area contributed by atoms with Crippen LogP contribution in [0.1, 0.15) is 24.0 Å². The van der Waals surface area contributed by atoms with Gasteiger partial charge >= 0.3 is 0 Å². The Balaban J connectivity index is 1.73. The summed E-state index contributed by atoms with van der Waals surface area (Å²) in [4.78, 5) is 14.0. The van der Waals surface area contributed by atoms with Crippen LogP contribution < -0.4 is 10.6 Å². The molecular formula is C20H27N5. The van der Waals surface area contributed by atoms with Gasteiger partial charge < -0.3 is 15.5 Å². The first-order valence-corrected chi connectivity index (χ1v) is 9.26. The molecule has 0 amide bonds. The van der Waals surface area contributed by atoms with Gasteiger partial charge in [-0.2, -0.15) is 4.98 Å². The van der Waals surface area contributed by atoms with Gasteiger partial charge in [-0.1, -0.05) is 24.3 Å². The molecule has 0 unspecified atom stereocenters. The Bertz CT molecular complexity index is 771. The van der Waals surface area contributed by atoms with E-state index in [4.69, 9.17) is 5.73 Å². The van der Waals surface area contributed by atoms with Crippen LogP contribution in [0.25, 0.3) is 11.3 Å². The third kappa shape index (κ3) is 3.21. The summed E-state index contributed by atoms with van der Waals surface area (Å²) in [5, 5.41) is 0. The van der Waals surface area contributed by atoms with Gasteiger partial charge in [0.2, 0.25) is 5.95 Å². The summed E-state index contributed by atoms with van der Waals surface area (Å²) in [6, 6.07) is 8.59. The van der Waals surface area contributed by atoms with Gasteiger partial charge in [0.05, 0.1) is 5.69 Å². The van der Waals surface area contributed by atoms with Crippen molar-refractivity contribution in [3.63, 3.8) is 0 Å². The quantitative estimate of drug-likeness (QED) is 0.933. The number of nitrogen functional groups attached to an aromatic ring is 1. The maximum absolute atomic E-state index is 6.12. The van der Waals surface area contributed by atoms with Gasteiger partial charge in [0.15, 0.2) is 0 Å². The molecule has 5 nitrogen and oxygen atoms in total. The number of rotatable bonds is 3. The van der Waals surface area contributed by atoms with E-state index >= 15 is 0 Å². The monoisotopic (exact) mass is 337 g/mol. The Kier molecular flexibility index (Phi) is 4.34. The molecule has 0 saturated carbocycles. The number of hydrogen-bond donors (Lipinski definition) is 1. The van der Waals surface area contributed by atoms with Crippen LogP contribution in [0.5, 0.6) is 0 Å². The summed E-state index contributed by atoms with van der Waals surface area (Å²) >= 11 is 0. The van der Waals surface area contributed by atoms with Crippen molar-refractivity contribution >= 4 is 11.8 Å². The molecule has 1 aliphatic heterocycles. The zero-order chi connectivity index (χ0) is 17.4. The number of aromatic nitrogens is 2. The van der Waals surface area contributed by atoms with Crippen LogP contribution in [0, 0.1) is 5.92 Å². The van der Waals surface area contributed by atoms with Gasteiger partial charge in [-0.3, -0.25) is 0 Å². The van der Waals surface area contributed by atoms with E-state index in [1.807, 2.05) is 0 Å². The van der Waals surface area contributed by atoms with Gasteiger partial charge in [-0.05, 0) is 51.3 Å². The predicted octanol–water partition coefficient (Wildman–Crippen LogP) is 2.60. The van der Waals surface area contributed by atoms with E-state index in [1.165, 1.54) is 23.1 Å². The average Bonchev–Trinajstić information content (AvgIpc) is 2.95. The topological polar surface area (TPSA) is 58.3 Å². The van der Waals surface area contributed by atoms with Gasteiger partial charge in [0, 0.05) is 30.8 Å². The second-order valence-electron chi connectivity index (χ2n) is 7.61. The summed E-state index contributed by atoms with van der Waals surface area (Å²) in [6.45, 7) is 3.24. The molecule has 0 spiro atoms. The van der Waals surface area contributed by atoms with Crippen LogP contribution in [-0.2, 0) is 12.8 Å². The average molecular weight is 337 g/mol. The third-order valence-electron chi connectivity index (χ3n) is 5.36. The number of anilines is 2. The zero-order valence-corrected chi connectivity index (χ0v) is 15.2. The minimum Gasteiger partial charge on any atom is -0.368 e. The fraction of sp³-hybridized carbons (Fsp3) is 0.500. The Hall–Kier alpha value is -2.14. The fourth-order valence-corrected chi connectivity index (χ4v) is 4.32. The Morgan fingerprint density at radius 1 is 1.20 bits per heavy atom. The molecule has 1 saturated heterocycles. The van der Waals surface area contributed by atoms with E-state index in [9.17, 15) is 0 Å². The highest BCUT2D eigenvalue weighted by Gasteiger charge is 2.28. The molecule has 2 aliphatic rings. The lowest BCUT2D eigenvalue weighted by Crippen LogP contribution is -2.27. The molecule has 4 rings (SSSR count). The standard InChI is InChI=1S/C20H27N5/c1-24(2)12-14-10-11-25(13-14)19-17-9-5-7-15-6-3-4-8-16(15)18(17)22-20(21)23-19/h3-4,6,8,14H,5,7,9-13H2,1-2H3,(H2,21,22,23)/t14-/m0/s1. The minimum absolute atomic E-state index is 0.390. The summed E-state index contributed by atoms with van der Waals surface area (Å²) in [5.74, 6) is 2.15. The van der Waals surface area contributed by atoms with Crippen molar-refractivity contribution in [2.45, 2.75) is 25.7 Å². The summed E-state index contributed by atoms with van der Waals surface area (Å²) in [7, 11) is 4.29. The van der Waals surface area contributed by atoms with Gasteiger partial charge in [0.1, 0.15) is 5.82 Å². The maximum Gasteiger partial charge on any atom is 0.222 e. The van der Waals surface area contributed by atoms with E-state index in [0.29, 0.717) is 11.9 Å². The van der Waals surface area contributed by atoms with E-state index in [1.54, 1.807) is 0 Å². The molecule has 1 aliphatic carbocycles. The fourth-order valence-electron chi connectivity index (χ4n) is 4.32. The van der Waals surface area contributed by atoms with Crippen molar-refractivity contribution < 1.29 is 0 Å². The van der Waals surface area contributed by atoms with E-state index in [2.05, 4.69) is 58.1 Å². The molecule has 0 bridgehead atoms. The van der Waals surface area contributed by atoms with Gasteiger partial charge in [0.25, 0.3) is 0 Å². The van der Waals surface area contributed by atoms with E-state index in [0.717, 1.165) is 50.4 Å². The zero-order valence-electron chi connectivity index (χ0n) is 15.2. The van der Waals surface area contributed by atoms with Crippen molar-refractivity contribution in [2.75, 3.05) is 44.4 Å². The molecule has 1 fully saturated rings. The van der Waals surface area contributed by atoms with Crippen LogP contribution in [0.3, 0.4) is 0 Å². The lowest BCUT2D eigenvalue weighted by molar-refractivity contribution is 0.340. The highest BCUT2D eigenvalue weighted by Crippen LogP contribution is 2.37. The third-order valence-corrected chi connectivity index (χ3v) is 5.36. The number of benzene rings is 1. The summed E-state index contributed by atoms with van der Waals surface area (Å²) in [5.41, 5.74) is 11.0. The van der Waals surface area contributed by atoms with Crippen molar-refractivity contribution in [3.05, 3.63) is 35.4 Å². The molecule has 0 radical (unpaired) electrons. The first kappa shape index (κ1) is 16.3. The Morgan fingerprint density at radius 3 is 2.88 bits per heavy atom. The molecule has 25 heavy (non-hydrogen) atoms. The molecule has 1 aromatic carbocycles. The summed E-state index contributed by atoms with van der Waals surface area (Å²) < 4.78 is 0. The second kappa shape index (κ2) is 6.64. The van der Waals surface area contributed by atoms with Gasteiger partial charge in [-0.15, -0.1) is 0 Å². The van der Waals surface area contributed by atoms with Crippen molar-refractivity contribution in [1.29, 1.82) is 0 Å². The number of aryl methyl sites for hydroxylation is 1. The molecular weight excluding hydrogens is 310 g/mol. The highest BCUT2D eigenvalue weighted by atomic mass is 15.2. The lowest BCUT2D eigenvalue weighted by Gasteiger charge is -2.23. The van der Waals surface area contributed by atoms with Crippen molar-refractivity contribution in [1.82, 2.24) is 14.9 Å². The molecule has 1 aromatic heterocycles. The van der Waals surface area contributed by atoms with Gasteiger partial charge in [-0.25, -0.2) is 4.98 Å². The molecule has 132 valence electrons. The number of nitrogens with two attached hydrogens (primary N) is 1. The lowest BCUT2D eigenvalue weighted by atomic mass is 10.0. The minimum atomic E-state index is 0.390. The Morgan fingerprint density at radius 2 is 2.04 bits per heavy atom.